The first kappa shape index (κ1) is 19.4. The molecule has 1 unspecified atom stereocenters. The summed E-state index contributed by atoms with van der Waals surface area (Å²) in [5.74, 6) is 1.97. The molecule has 2 aromatic rings. The van der Waals surface area contributed by atoms with Gasteiger partial charge in [0.25, 0.3) is 5.91 Å². The normalized spacial score (nSPS) is 21.3. The molecule has 3 aliphatic rings. The summed E-state index contributed by atoms with van der Waals surface area (Å²) in [5.41, 5.74) is 2.54. The van der Waals surface area contributed by atoms with E-state index in [1.165, 1.54) is 6.07 Å². The zero-order chi connectivity index (χ0) is 20.7. The maximum Gasteiger partial charge on any atom is 0.254 e. The van der Waals surface area contributed by atoms with Crippen LogP contribution in [0.3, 0.4) is 0 Å². The molecule has 0 aliphatic carbocycles. The van der Waals surface area contributed by atoms with Gasteiger partial charge in [0, 0.05) is 24.2 Å². The quantitative estimate of drug-likeness (QED) is 0.734. The molecule has 1 fully saturated rings. The predicted molar refractivity (Wildman–Crippen MR) is 111 cm³/mol. The van der Waals surface area contributed by atoms with Crippen LogP contribution in [0.2, 0.25) is 0 Å². The highest BCUT2D eigenvalue weighted by Gasteiger charge is 2.36. The molecule has 0 aromatic heterocycles. The monoisotopic (exact) mass is 410 g/mol. The van der Waals surface area contributed by atoms with Gasteiger partial charge in [-0.2, -0.15) is 0 Å². The van der Waals surface area contributed by atoms with Crippen molar-refractivity contribution in [3.8, 4) is 11.5 Å². The molecule has 1 saturated heterocycles. The Labute approximate surface area is 176 Å². The second-order valence-electron chi connectivity index (χ2n) is 8.57. The molecule has 5 rings (SSSR count). The lowest BCUT2D eigenvalue weighted by Crippen LogP contribution is -2.35. The van der Waals surface area contributed by atoms with Crippen molar-refractivity contribution in [1.29, 1.82) is 0 Å². The van der Waals surface area contributed by atoms with Crippen molar-refractivity contribution in [3.05, 3.63) is 58.9 Å². The van der Waals surface area contributed by atoms with E-state index in [9.17, 15) is 9.18 Å². The van der Waals surface area contributed by atoms with Gasteiger partial charge in [-0.1, -0.05) is 18.2 Å². The van der Waals surface area contributed by atoms with Gasteiger partial charge in [-0.25, -0.2) is 4.39 Å². The van der Waals surface area contributed by atoms with E-state index < -0.39 is 0 Å². The lowest BCUT2D eigenvalue weighted by molar-refractivity contribution is 0.0712. The zero-order valence-corrected chi connectivity index (χ0v) is 17.3. The van der Waals surface area contributed by atoms with E-state index >= 15 is 0 Å². The molecule has 1 atom stereocenters. The minimum atomic E-state index is -0.123. The van der Waals surface area contributed by atoms with Crippen LogP contribution in [0.4, 0.5) is 4.39 Å². The fourth-order valence-electron chi connectivity index (χ4n) is 4.90. The molecule has 0 N–H and O–H groups in total. The fraction of sp³-hybridized carbons (Fsp3) is 0.458. The Morgan fingerprint density at radius 2 is 1.83 bits per heavy atom. The minimum Gasteiger partial charge on any atom is -0.454 e. The summed E-state index contributed by atoms with van der Waals surface area (Å²) in [7, 11) is 0. The number of nitrogens with zero attached hydrogens (tertiary/aromatic N) is 2. The Kier molecular flexibility index (Phi) is 5.11. The number of hydrogen-bond donors (Lipinski definition) is 0. The van der Waals surface area contributed by atoms with E-state index in [4.69, 9.17) is 9.47 Å². The lowest BCUT2D eigenvalue weighted by atomic mass is 9.93. The summed E-state index contributed by atoms with van der Waals surface area (Å²) in [4.78, 5) is 17.3. The first-order valence-electron chi connectivity index (χ1n) is 10.8. The average molecular weight is 410 g/mol. The van der Waals surface area contributed by atoms with Crippen LogP contribution in [0.5, 0.6) is 11.5 Å². The number of halogens is 1. The average Bonchev–Trinajstić information content (AvgIpc) is 3.31. The first-order valence-corrected chi connectivity index (χ1v) is 10.8. The summed E-state index contributed by atoms with van der Waals surface area (Å²) >= 11 is 0. The molecule has 158 valence electrons. The number of benzene rings is 2. The Bertz CT molecular complexity index is 955. The highest BCUT2D eigenvalue weighted by molar-refractivity contribution is 6.00. The van der Waals surface area contributed by atoms with E-state index in [2.05, 4.69) is 11.8 Å². The topological polar surface area (TPSA) is 42.0 Å². The van der Waals surface area contributed by atoms with Crippen molar-refractivity contribution in [2.24, 2.45) is 5.92 Å². The predicted octanol–water partition coefficient (Wildman–Crippen LogP) is 4.37. The van der Waals surface area contributed by atoms with Crippen LogP contribution in [-0.4, -0.2) is 42.1 Å². The van der Waals surface area contributed by atoms with Crippen LogP contribution >= 0.6 is 0 Å². The maximum absolute atomic E-state index is 13.9. The van der Waals surface area contributed by atoms with Gasteiger partial charge < -0.3 is 14.4 Å². The first-order chi connectivity index (χ1) is 14.6. The molecule has 6 heteroatoms. The molecule has 0 spiro atoms. The number of amides is 1. The molecule has 3 aliphatic heterocycles. The summed E-state index contributed by atoms with van der Waals surface area (Å²) in [6.07, 6.45) is 3.19. The number of piperidine rings is 1. The molecule has 0 bridgehead atoms. The summed E-state index contributed by atoms with van der Waals surface area (Å²) < 4.78 is 24.8. The third-order valence-corrected chi connectivity index (χ3v) is 6.79. The van der Waals surface area contributed by atoms with E-state index in [0.29, 0.717) is 18.2 Å². The van der Waals surface area contributed by atoms with Gasteiger partial charge in [0.1, 0.15) is 5.82 Å². The molecule has 3 heterocycles. The summed E-state index contributed by atoms with van der Waals surface area (Å²) in [6.45, 7) is 5.70. The number of likely N-dealkylation sites (tertiary alicyclic amines) is 1. The SMILES string of the molecule is CC1c2cc3c(cc2C(=O)N1CCC1CCN(Cc2ccccc2F)CC1)OCO3. The van der Waals surface area contributed by atoms with Crippen molar-refractivity contribution in [2.45, 2.75) is 38.8 Å². The molecule has 30 heavy (non-hydrogen) atoms. The number of hydrogen-bond acceptors (Lipinski definition) is 4. The second-order valence-corrected chi connectivity index (χ2v) is 8.57. The Morgan fingerprint density at radius 3 is 2.60 bits per heavy atom. The third-order valence-electron chi connectivity index (χ3n) is 6.79. The molecule has 0 radical (unpaired) electrons. The van der Waals surface area contributed by atoms with E-state index in [1.807, 2.05) is 29.2 Å². The molecule has 0 saturated carbocycles. The molecular formula is C24H27FN2O3. The smallest absolute Gasteiger partial charge is 0.254 e. The van der Waals surface area contributed by atoms with Gasteiger partial charge >= 0.3 is 0 Å². The van der Waals surface area contributed by atoms with Crippen molar-refractivity contribution in [1.82, 2.24) is 9.80 Å². The van der Waals surface area contributed by atoms with Gasteiger partial charge in [-0.3, -0.25) is 9.69 Å². The van der Waals surface area contributed by atoms with Crippen LogP contribution in [-0.2, 0) is 6.54 Å². The van der Waals surface area contributed by atoms with E-state index in [1.54, 1.807) is 6.07 Å². The Hall–Kier alpha value is -2.60. The summed E-state index contributed by atoms with van der Waals surface area (Å²) in [6, 6.07) is 10.9. The van der Waals surface area contributed by atoms with Gasteiger partial charge in [0.05, 0.1) is 6.04 Å². The van der Waals surface area contributed by atoms with Gasteiger partial charge in [-0.15, -0.1) is 0 Å². The van der Waals surface area contributed by atoms with Crippen LogP contribution in [0.25, 0.3) is 0 Å². The van der Waals surface area contributed by atoms with Crippen LogP contribution in [0.1, 0.15) is 53.7 Å². The third kappa shape index (κ3) is 3.54. The largest absolute Gasteiger partial charge is 0.454 e. The van der Waals surface area contributed by atoms with E-state index in [0.717, 1.165) is 61.3 Å². The Morgan fingerprint density at radius 1 is 1.10 bits per heavy atom. The lowest BCUT2D eigenvalue weighted by Gasteiger charge is -2.33. The van der Waals surface area contributed by atoms with Gasteiger partial charge in [0.2, 0.25) is 6.79 Å². The van der Waals surface area contributed by atoms with E-state index in [-0.39, 0.29) is 24.6 Å². The van der Waals surface area contributed by atoms with Crippen molar-refractivity contribution in [3.63, 3.8) is 0 Å². The standard InChI is InChI=1S/C24H27FN2O3/c1-16-19-12-22-23(30-15-29-22)13-20(19)24(28)27(16)11-8-17-6-9-26(10-7-17)14-18-4-2-3-5-21(18)25/h2-5,12-13,16-17H,6-11,14-15H2,1H3. The second kappa shape index (κ2) is 7.91. The van der Waals surface area contributed by atoms with Crippen LogP contribution < -0.4 is 9.47 Å². The molecule has 1 amide bonds. The van der Waals surface area contributed by atoms with Crippen molar-refractivity contribution >= 4 is 5.91 Å². The highest BCUT2D eigenvalue weighted by Crippen LogP contribution is 2.42. The number of carbonyl (C=O) groups excluding carboxylic acids is 1. The fourth-order valence-corrected chi connectivity index (χ4v) is 4.90. The van der Waals surface area contributed by atoms with Crippen LogP contribution in [0.15, 0.2) is 36.4 Å². The number of ether oxygens (including phenoxy) is 2. The zero-order valence-electron chi connectivity index (χ0n) is 17.3. The summed E-state index contributed by atoms with van der Waals surface area (Å²) in [5, 5.41) is 0. The maximum atomic E-state index is 13.9. The minimum absolute atomic E-state index is 0.0585. The van der Waals surface area contributed by atoms with Gasteiger partial charge in [-0.05, 0) is 69.0 Å². The van der Waals surface area contributed by atoms with Gasteiger partial charge in [0.15, 0.2) is 11.5 Å². The molecular weight excluding hydrogens is 383 g/mol. The number of fused-ring (bicyclic) bond motifs is 2. The Balaban J connectivity index is 1.15. The molecule has 2 aromatic carbocycles. The molecule has 5 nitrogen and oxygen atoms in total. The van der Waals surface area contributed by atoms with Crippen LogP contribution in [0, 0.1) is 11.7 Å². The number of carbonyl (C=O) groups is 1. The van der Waals surface area contributed by atoms with Crippen molar-refractivity contribution in [2.75, 3.05) is 26.4 Å². The van der Waals surface area contributed by atoms with Crippen molar-refractivity contribution < 1.29 is 18.7 Å². The number of rotatable bonds is 5. The highest BCUT2D eigenvalue weighted by atomic mass is 19.1.